The number of benzene rings is 2. The molecule has 0 radical (unpaired) electrons. The molecule has 0 fully saturated rings. The van der Waals surface area contributed by atoms with Crippen LogP contribution in [0.2, 0.25) is 0 Å². The first-order chi connectivity index (χ1) is 13.9. The van der Waals surface area contributed by atoms with Crippen molar-refractivity contribution < 1.29 is 9.47 Å². The zero-order valence-electron chi connectivity index (χ0n) is 16.0. The molecular formula is C24H26N2O2. The van der Waals surface area contributed by atoms with Crippen LogP contribution in [0.4, 0.5) is 0 Å². The summed E-state index contributed by atoms with van der Waals surface area (Å²) in [5, 5.41) is 5.05. The highest BCUT2D eigenvalue weighted by Crippen LogP contribution is 2.37. The Morgan fingerprint density at radius 3 is 2.93 bits per heavy atom. The van der Waals surface area contributed by atoms with E-state index in [2.05, 4.69) is 65.0 Å². The molecule has 3 aromatic rings. The largest absolute Gasteiger partial charge is 0.454 e. The second kappa shape index (κ2) is 7.72. The fraction of sp³-hybridized carbons (Fsp3) is 0.333. The number of unbranched alkanes of at least 4 members (excludes halogenated alkanes) is 1. The summed E-state index contributed by atoms with van der Waals surface area (Å²) in [5.41, 5.74) is 3.97. The molecule has 4 heteroatoms. The Bertz CT molecular complexity index is 991. The van der Waals surface area contributed by atoms with E-state index in [9.17, 15) is 0 Å². The number of hydrogen-bond donors (Lipinski definition) is 2. The van der Waals surface area contributed by atoms with Crippen LogP contribution in [0.1, 0.15) is 36.3 Å². The van der Waals surface area contributed by atoms with Gasteiger partial charge in [-0.3, -0.25) is 0 Å². The van der Waals surface area contributed by atoms with E-state index >= 15 is 0 Å². The molecule has 2 N–H and O–H groups in total. The number of nitrogens with one attached hydrogen (secondary N) is 2. The number of H-pyrrole nitrogens is 1. The number of aryl methyl sites for hydroxylation is 1. The molecule has 3 heterocycles. The molecule has 2 atom stereocenters. The molecule has 2 aromatic carbocycles. The maximum Gasteiger partial charge on any atom is 0.231 e. The molecule has 2 unspecified atom stereocenters. The van der Waals surface area contributed by atoms with Crippen LogP contribution in [0.15, 0.2) is 60.8 Å². The summed E-state index contributed by atoms with van der Waals surface area (Å²) in [6.07, 6.45) is 11.5. The average molecular weight is 374 g/mol. The molecule has 0 amide bonds. The number of para-hydroxylation sites is 1. The maximum atomic E-state index is 5.57. The van der Waals surface area contributed by atoms with Crippen molar-refractivity contribution in [2.45, 2.75) is 37.6 Å². The Labute approximate surface area is 165 Å². The van der Waals surface area contributed by atoms with Crippen molar-refractivity contribution >= 4 is 10.9 Å². The van der Waals surface area contributed by atoms with Crippen molar-refractivity contribution in [1.29, 1.82) is 0 Å². The number of fused-ring (bicyclic) bond motifs is 2. The van der Waals surface area contributed by atoms with Gasteiger partial charge in [-0.1, -0.05) is 42.8 Å². The second-order valence-corrected chi connectivity index (χ2v) is 7.69. The third kappa shape index (κ3) is 3.40. The summed E-state index contributed by atoms with van der Waals surface area (Å²) < 4.78 is 11.0. The standard InChI is InChI=1S/C24H26N2O2/c1(6-18-15-26-22-10-4-2-7-20(18)22)3-9-21-19(8-5-13-25-21)17-11-12-23-24(14-17)28-16-27-23/h2,4-5,7-8,10-12,14-15,19,21,25-26H,1,3,6,9,13,16H2. The molecule has 4 nitrogen and oxygen atoms in total. The summed E-state index contributed by atoms with van der Waals surface area (Å²) in [7, 11) is 0. The normalized spacial score (nSPS) is 20.7. The third-order valence-electron chi connectivity index (χ3n) is 5.94. The molecule has 5 rings (SSSR count). The van der Waals surface area contributed by atoms with Crippen LogP contribution in [0.25, 0.3) is 10.9 Å². The summed E-state index contributed by atoms with van der Waals surface area (Å²) in [6, 6.07) is 15.4. The van der Waals surface area contributed by atoms with Gasteiger partial charge in [0, 0.05) is 35.6 Å². The minimum absolute atomic E-state index is 0.328. The van der Waals surface area contributed by atoms with Crippen LogP contribution in [-0.2, 0) is 6.42 Å². The van der Waals surface area contributed by atoms with Crippen LogP contribution >= 0.6 is 0 Å². The third-order valence-corrected chi connectivity index (χ3v) is 5.94. The number of hydrogen-bond acceptors (Lipinski definition) is 3. The van der Waals surface area contributed by atoms with Crippen molar-refractivity contribution in [2.24, 2.45) is 0 Å². The predicted octanol–water partition coefficient (Wildman–Crippen LogP) is 4.92. The maximum absolute atomic E-state index is 5.57. The molecule has 0 saturated carbocycles. The van der Waals surface area contributed by atoms with E-state index in [-0.39, 0.29) is 0 Å². The molecule has 0 bridgehead atoms. The molecule has 1 aromatic heterocycles. The predicted molar refractivity (Wildman–Crippen MR) is 112 cm³/mol. The minimum Gasteiger partial charge on any atom is -0.454 e. The van der Waals surface area contributed by atoms with Crippen molar-refractivity contribution in [2.75, 3.05) is 13.3 Å². The highest BCUT2D eigenvalue weighted by molar-refractivity contribution is 5.82. The van der Waals surface area contributed by atoms with Gasteiger partial charge in [-0.15, -0.1) is 0 Å². The molecule has 144 valence electrons. The van der Waals surface area contributed by atoms with Crippen molar-refractivity contribution in [1.82, 2.24) is 10.3 Å². The smallest absolute Gasteiger partial charge is 0.231 e. The Morgan fingerprint density at radius 1 is 1.00 bits per heavy atom. The molecular weight excluding hydrogens is 348 g/mol. The van der Waals surface area contributed by atoms with E-state index in [0.29, 0.717) is 18.8 Å². The van der Waals surface area contributed by atoms with E-state index in [1.54, 1.807) is 0 Å². The van der Waals surface area contributed by atoms with Gasteiger partial charge in [0.25, 0.3) is 0 Å². The Kier molecular flexibility index (Phi) is 4.79. The van der Waals surface area contributed by atoms with Gasteiger partial charge < -0.3 is 19.8 Å². The van der Waals surface area contributed by atoms with Gasteiger partial charge in [-0.05, 0) is 48.6 Å². The molecule has 0 saturated heterocycles. The average Bonchev–Trinajstić information content (AvgIpc) is 3.38. The lowest BCUT2D eigenvalue weighted by Crippen LogP contribution is -2.37. The summed E-state index contributed by atoms with van der Waals surface area (Å²) in [6.45, 7) is 1.28. The first-order valence-electron chi connectivity index (χ1n) is 10.2. The molecule has 28 heavy (non-hydrogen) atoms. The fourth-order valence-electron chi connectivity index (χ4n) is 4.46. The summed E-state index contributed by atoms with van der Waals surface area (Å²) >= 11 is 0. The van der Waals surface area contributed by atoms with E-state index < -0.39 is 0 Å². The van der Waals surface area contributed by atoms with Gasteiger partial charge in [-0.2, -0.15) is 0 Å². The fourth-order valence-corrected chi connectivity index (χ4v) is 4.46. The van der Waals surface area contributed by atoms with Crippen molar-refractivity contribution in [3.63, 3.8) is 0 Å². The first-order valence-corrected chi connectivity index (χ1v) is 10.2. The monoisotopic (exact) mass is 374 g/mol. The lowest BCUT2D eigenvalue weighted by Gasteiger charge is -2.29. The van der Waals surface area contributed by atoms with E-state index in [4.69, 9.17) is 9.47 Å². The highest BCUT2D eigenvalue weighted by Gasteiger charge is 2.24. The van der Waals surface area contributed by atoms with Gasteiger partial charge >= 0.3 is 0 Å². The first kappa shape index (κ1) is 17.4. The van der Waals surface area contributed by atoms with Gasteiger partial charge in [0.2, 0.25) is 6.79 Å². The Balaban J connectivity index is 1.21. The van der Waals surface area contributed by atoms with Crippen LogP contribution in [0.5, 0.6) is 11.5 Å². The number of rotatable bonds is 6. The van der Waals surface area contributed by atoms with Gasteiger partial charge in [0.1, 0.15) is 0 Å². The van der Waals surface area contributed by atoms with E-state index in [0.717, 1.165) is 24.5 Å². The van der Waals surface area contributed by atoms with Gasteiger partial charge in [0.15, 0.2) is 11.5 Å². The molecule has 0 spiro atoms. The van der Waals surface area contributed by atoms with E-state index in [1.165, 1.54) is 41.3 Å². The van der Waals surface area contributed by atoms with Crippen LogP contribution in [0.3, 0.4) is 0 Å². The second-order valence-electron chi connectivity index (χ2n) is 7.69. The zero-order chi connectivity index (χ0) is 18.8. The highest BCUT2D eigenvalue weighted by atomic mass is 16.7. The van der Waals surface area contributed by atoms with Crippen molar-refractivity contribution in [3.05, 3.63) is 71.9 Å². The Hall–Kier alpha value is -2.72. The molecule has 0 aliphatic carbocycles. The van der Waals surface area contributed by atoms with Crippen LogP contribution in [0, 0.1) is 0 Å². The Morgan fingerprint density at radius 2 is 1.93 bits per heavy atom. The lowest BCUT2D eigenvalue weighted by atomic mass is 9.86. The topological polar surface area (TPSA) is 46.3 Å². The number of aromatic amines is 1. The van der Waals surface area contributed by atoms with Gasteiger partial charge in [-0.25, -0.2) is 0 Å². The number of ether oxygens (including phenoxy) is 2. The van der Waals surface area contributed by atoms with Crippen molar-refractivity contribution in [3.8, 4) is 11.5 Å². The summed E-state index contributed by atoms with van der Waals surface area (Å²) in [4.78, 5) is 3.38. The minimum atomic E-state index is 0.328. The van der Waals surface area contributed by atoms with Gasteiger partial charge in [0.05, 0.1) is 0 Å². The van der Waals surface area contributed by atoms with Crippen LogP contribution in [-0.4, -0.2) is 24.4 Å². The molecule has 2 aliphatic heterocycles. The quantitative estimate of drug-likeness (QED) is 0.475. The molecule has 2 aliphatic rings. The number of aromatic nitrogens is 1. The lowest BCUT2D eigenvalue weighted by molar-refractivity contribution is 0.174. The summed E-state index contributed by atoms with van der Waals surface area (Å²) in [5.74, 6) is 2.11. The SMILES string of the molecule is C1=CC(c2ccc3c(c2)OCO3)C(CCCCc2c[nH]c3ccccc23)NC1. The van der Waals surface area contributed by atoms with Crippen LogP contribution < -0.4 is 14.8 Å². The zero-order valence-corrected chi connectivity index (χ0v) is 16.0. The van der Waals surface area contributed by atoms with E-state index in [1.807, 2.05) is 6.07 Å².